The van der Waals surface area contributed by atoms with Gasteiger partial charge in [0, 0.05) is 22.8 Å². The van der Waals surface area contributed by atoms with Crippen molar-refractivity contribution in [1.29, 1.82) is 0 Å². The highest BCUT2D eigenvalue weighted by Gasteiger charge is 2.00. The molecule has 0 bridgehead atoms. The SMILES string of the molecule is Nc1ccc2c(N)cc(O)cc2c1. The van der Waals surface area contributed by atoms with Crippen LogP contribution in [0.25, 0.3) is 10.8 Å². The fourth-order valence-corrected chi connectivity index (χ4v) is 1.40. The van der Waals surface area contributed by atoms with Crippen molar-refractivity contribution >= 4 is 22.1 Å². The summed E-state index contributed by atoms with van der Waals surface area (Å²) in [5.74, 6) is 0.163. The third-order valence-electron chi connectivity index (χ3n) is 1.99. The number of fused-ring (bicyclic) bond motifs is 1. The molecule has 0 aliphatic heterocycles. The summed E-state index contributed by atoms with van der Waals surface area (Å²) in [5.41, 5.74) is 12.5. The highest BCUT2D eigenvalue weighted by atomic mass is 16.3. The zero-order valence-electron chi connectivity index (χ0n) is 6.99. The predicted octanol–water partition coefficient (Wildman–Crippen LogP) is 1.71. The maximum Gasteiger partial charge on any atom is 0.118 e. The molecule has 2 aromatic rings. The normalized spacial score (nSPS) is 10.5. The number of aromatic hydroxyl groups is 1. The molecule has 0 saturated heterocycles. The zero-order valence-corrected chi connectivity index (χ0v) is 6.99. The largest absolute Gasteiger partial charge is 0.508 e. The summed E-state index contributed by atoms with van der Waals surface area (Å²) in [6, 6.07) is 8.58. The molecule has 0 aliphatic rings. The number of rotatable bonds is 0. The second-order valence-electron chi connectivity index (χ2n) is 3.02. The fourth-order valence-electron chi connectivity index (χ4n) is 1.40. The Hall–Kier alpha value is -1.90. The molecule has 2 aromatic carbocycles. The van der Waals surface area contributed by atoms with E-state index in [0.717, 1.165) is 10.8 Å². The predicted molar refractivity (Wildman–Crippen MR) is 54.4 cm³/mol. The van der Waals surface area contributed by atoms with Crippen LogP contribution in [-0.4, -0.2) is 5.11 Å². The summed E-state index contributed by atoms with van der Waals surface area (Å²) in [6.45, 7) is 0. The van der Waals surface area contributed by atoms with Crippen molar-refractivity contribution in [3.63, 3.8) is 0 Å². The van der Waals surface area contributed by atoms with E-state index >= 15 is 0 Å². The summed E-state index contributed by atoms with van der Waals surface area (Å²) in [6.07, 6.45) is 0. The van der Waals surface area contributed by atoms with Gasteiger partial charge in [-0.05, 0) is 23.6 Å². The van der Waals surface area contributed by atoms with E-state index in [9.17, 15) is 5.11 Å². The third-order valence-corrected chi connectivity index (χ3v) is 1.99. The van der Waals surface area contributed by atoms with Gasteiger partial charge < -0.3 is 16.6 Å². The first-order valence-corrected chi connectivity index (χ1v) is 3.94. The standard InChI is InChI=1S/C10H10N2O/c11-7-1-2-9-6(3-7)4-8(13)5-10(9)12/h1-5,13H,11-12H2. The number of nitrogens with two attached hydrogens (primary N) is 2. The van der Waals surface area contributed by atoms with Crippen LogP contribution in [0.3, 0.4) is 0 Å². The van der Waals surface area contributed by atoms with E-state index in [1.165, 1.54) is 6.07 Å². The highest BCUT2D eigenvalue weighted by Crippen LogP contribution is 2.27. The maximum absolute atomic E-state index is 9.28. The Morgan fingerprint density at radius 1 is 1.00 bits per heavy atom. The smallest absolute Gasteiger partial charge is 0.118 e. The van der Waals surface area contributed by atoms with Crippen molar-refractivity contribution in [2.75, 3.05) is 11.5 Å². The van der Waals surface area contributed by atoms with Crippen LogP contribution in [0.5, 0.6) is 5.75 Å². The lowest BCUT2D eigenvalue weighted by atomic mass is 10.1. The molecule has 0 saturated carbocycles. The minimum atomic E-state index is 0.163. The molecule has 0 aliphatic carbocycles. The Labute approximate surface area is 75.6 Å². The lowest BCUT2D eigenvalue weighted by Crippen LogP contribution is -1.88. The molecule has 66 valence electrons. The molecule has 3 nitrogen and oxygen atoms in total. The Morgan fingerprint density at radius 3 is 2.54 bits per heavy atom. The molecule has 0 fully saturated rings. The van der Waals surface area contributed by atoms with E-state index < -0.39 is 0 Å². The first-order valence-electron chi connectivity index (χ1n) is 3.94. The van der Waals surface area contributed by atoms with Crippen molar-refractivity contribution in [1.82, 2.24) is 0 Å². The van der Waals surface area contributed by atoms with E-state index in [1.807, 2.05) is 6.07 Å². The summed E-state index contributed by atoms with van der Waals surface area (Å²) in [7, 11) is 0. The van der Waals surface area contributed by atoms with E-state index in [4.69, 9.17) is 11.5 Å². The Kier molecular flexibility index (Phi) is 1.52. The van der Waals surface area contributed by atoms with Gasteiger partial charge in [0.05, 0.1) is 0 Å². The fraction of sp³-hybridized carbons (Fsp3) is 0. The molecule has 0 unspecified atom stereocenters. The number of phenols is 1. The van der Waals surface area contributed by atoms with Gasteiger partial charge in [-0.15, -0.1) is 0 Å². The quantitative estimate of drug-likeness (QED) is 0.532. The Bertz CT molecular complexity index is 460. The van der Waals surface area contributed by atoms with Gasteiger partial charge >= 0.3 is 0 Å². The van der Waals surface area contributed by atoms with Crippen molar-refractivity contribution < 1.29 is 5.11 Å². The van der Waals surface area contributed by atoms with Crippen LogP contribution in [0.4, 0.5) is 11.4 Å². The number of benzene rings is 2. The Balaban J connectivity index is 2.86. The molecule has 0 spiro atoms. The first-order chi connectivity index (χ1) is 6.16. The molecular weight excluding hydrogens is 164 g/mol. The molecule has 3 heteroatoms. The third kappa shape index (κ3) is 1.24. The second-order valence-corrected chi connectivity index (χ2v) is 3.02. The van der Waals surface area contributed by atoms with Crippen LogP contribution >= 0.6 is 0 Å². The van der Waals surface area contributed by atoms with E-state index in [0.29, 0.717) is 11.4 Å². The monoisotopic (exact) mass is 174 g/mol. The van der Waals surface area contributed by atoms with Gasteiger partial charge in [-0.25, -0.2) is 0 Å². The van der Waals surface area contributed by atoms with E-state index in [2.05, 4.69) is 0 Å². The van der Waals surface area contributed by atoms with Crippen LogP contribution in [-0.2, 0) is 0 Å². The van der Waals surface area contributed by atoms with Gasteiger partial charge in [0.15, 0.2) is 0 Å². The van der Waals surface area contributed by atoms with Gasteiger partial charge in [-0.1, -0.05) is 6.07 Å². The van der Waals surface area contributed by atoms with Crippen LogP contribution in [0.1, 0.15) is 0 Å². The molecule has 0 aromatic heterocycles. The van der Waals surface area contributed by atoms with E-state index in [1.54, 1.807) is 18.2 Å². The first kappa shape index (κ1) is 7.73. The van der Waals surface area contributed by atoms with Gasteiger partial charge in [0.25, 0.3) is 0 Å². The minimum Gasteiger partial charge on any atom is -0.508 e. The van der Waals surface area contributed by atoms with Crippen molar-refractivity contribution in [2.45, 2.75) is 0 Å². The molecule has 0 atom stereocenters. The summed E-state index contributed by atoms with van der Waals surface area (Å²) in [4.78, 5) is 0. The van der Waals surface area contributed by atoms with Crippen molar-refractivity contribution in [2.24, 2.45) is 0 Å². The summed E-state index contributed by atoms with van der Waals surface area (Å²) >= 11 is 0. The Morgan fingerprint density at radius 2 is 1.77 bits per heavy atom. The molecule has 0 amide bonds. The number of hydrogen-bond acceptors (Lipinski definition) is 3. The molecule has 0 heterocycles. The van der Waals surface area contributed by atoms with Gasteiger partial charge in [0.2, 0.25) is 0 Å². The van der Waals surface area contributed by atoms with Gasteiger partial charge in [-0.2, -0.15) is 0 Å². The number of anilines is 2. The summed E-state index contributed by atoms with van der Waals surface area (Å²) in [5, 5.41) is 11.0. The second kappa shape index (κ2) is 2.55. The lowest BCUT2D eigenvalue weighted by Gasteiger charge is -2.03. The van der Waals surface area contributed by atoms with Crippen LogP contribution in [0.2, 0.25) is 0 Å². The average molecular weight is 174 g/mol. The molecule has 5 N–H and O–H groups in total. The number of nitrogen functional groups attached to an aromatic ring is 2. The molecular formula is C10H10N2O. The number of hydrogen-bond donors (Lipinski definition) is 3. The average Bonchev–Trinajstić information content (AvgIpc) is 2.02. The molecule has 0 radical (unpaired) electrons. The van der Waals surface area contributed by atoms with Crippen LogP contribution < -0.4 is 11.5 Å². The highest BCUT2D eigenvalue weighted by molar-refractivity contribution is 5.95. The molecule has 2 rings (SSSR count). The van der Waals surface area contributed by atoms with Gasteiger partial charge in [0.1, 0.15) is 5.75 Å². The number of phenolic OH excluding ortho intramolecular Hbond substituents is 1. The van der Waals surface area contributed by atoms with Crippen molar-refractivity contribution in [3.8, 4) is 5.75 Å². The van der Waals surface area contributed by atoms with Crippen molar-refractivity contribution in [3.05, 3.63) is 30.3 Å². The lowest BCUT2D eigenvalue weighted by molar-refractivity contribution is 0.476. The zero-order chi connectivity index (χ0) is 9.42. The van der Waals surface area contributed by atoms with E-state index in [-0.39, 0.29) is 5.75 Å². The van der Waals surface area contributed by atoms with Crippen LogP contribution in [0.15, 0.2) is 30.3 Å². The van der Waals surface area contributed by atoms with Crippen LogP contribution in [0, 0.1) is 0 Å². The topological polar surface area (TPSA) is 72.3 Å². The van der Waals surface area contributed by atoms with Gasteiger partial charge in [-0.3, -0.25) is 0 Å². The molecule has 13 heavy (non-hydrogen) atoms. The summed E-state index contributed by atoms with van der Waals surface area (Å²) < 4.78 is 0. The maximum atomic E-state index is 9.28. The minimum absolute atomic E-state index is 0.163.